The minimum atomic E-state index is -0.423. The Kier molecular flexibility index (Phi) is 5.27. The highest BCUT2D eigenvalue weighted by Gasteiger charge is 2.26. The number of nitrogens with zero attached hydrogens (tertiary/aromatic N) is 1. The second kappa shape index (κ2) is 6.76. The lowest BCUT2D eigenvalue weighted by Gasteiger charge is -2.34. The van der Waals surface area contributed by atoms with Gasteiger partial charge >= 0.3 is 6.09 Å². The molecule has 2 N–H and O–H groups in total. The third kappa shape index (κ3) is 5.29. The Bertz CT molecular complexity index is 322. The lowest BCUT2D eigenvalue weighted by molar-refractivity contribution is 0.0468. The molecule has 0 aromatic heterocycles. The minimum Gasteiger partial charge on any atom is -0.444 e. The maximum absolute atomic E-state index is 11.8. The van der Waals surface area contributed by atoms with Crippen LogP contribution in [0, 0.1) is 5.92 Å². The first-order valence-electron chi connectivity index (χ1n) is 7.85. The van der Waals surface area contributed by atoms with E-state index in [-0.39, 0.29) is 12.1 Å². The van der Waals surface area contributed by atoms with Crippen molar-refractivity contribution in [1.82, 2.24) is 15.5 Å². The van der Waals surface area contributed by atoms with E-state index in [1.165, 1.54) is 6.42 Å². The molecular formula is C15H29N3O2. The second-order valence-electron chi connectivity index (χ2n) is 7.10. The first-order valence-corrected chi connectivity index (χ1v) is 7.85. The molecule has 2 fully saturated rings. The summed E-state index contributed by atoms with van der Waals surface area (Å²) in [6.45, 7) is 11.2. The molecule has 0 saturated carbocycles. The summed E-state index contributed by atoms with van der Waals surface area (Å²) in [7, 11) is 0. The van der Waals surface area contributed by atoms with Crippen LogP contribution in [0.2, 0.25) is 0 Å². The quantitative estimate of drug-likeness (QED) is 0.826. The molecule has 5 heteroatoms. The van der Waals surface area contributed by atoms with Crippen LogP contribution in [0.3, 0.4) is 0 Å². The molecule has 2 aliphatic heterocycles. The normalized spacial score (nSPS) is 28.4. The van der Waals surface area contributed by atoms with E-state index in [4.69, 9.17) is 4.74 Å². The average Bonchev–Trinajstić information content (AvgIpc) is 2.79. The highest BCUT2D eigenvalue weighted by atomic mass is 16.6. The van der Waals surface area contributed by atoms with Crippen molar-refractivity contribution in [3.05, 3.63) is 0 Å². The first kappa shape index (κ1) is 15.6. The molecule has 2 unspecified atom stereocenters. The molecule has 1 amide bonds. The summed E-state index contributed by atoms with van der Waals surface area (Å²) in [6, 6.07) is 0.230. The molecule has 5 nitrogen and oxygen atoms in total. The highest BCUT2D eigenvalue weighted by molar-refractivity contribution is 5.68. The monoisotopic (exact) mass is 283 g/mol. The zero-order valence-electron chi connectivity index (χ0n) is 13.1. The number of piperidine rings is 1. The molecular weight excluding hydrogens is 254 g/mol. The highest BCUT2D eigenvalue weighted by Crippen LogP contribution is 2.16. The smallest absolute Gasteiger partial charge is 0.407 e. The predicted molar refractivity (Wildman–Crippen MR) is 79.8 cm³/mol. The zero-order valence-corrected chi connectivity index (χ0v) is 13.1. The van der Waals surface area contributed by atoms with Crippen molar-refractivity contribution in [3.8, 4) is 0 Å². The van der Waals surface area contributed by atoms with Gasteiger partial charge < -0.3 is 20.3 Å². The SMILES string of the molecule is CC(C)(C)OC(=O)NC1CCCN(CC2CCNC2)C1. The van der Waals surface area contributed by atoms with Gasteiger partial charge in [0.1, 0.15) is 5.60 Å². The Balaban J connectivity index is 1.73. The maximum Gasteiger partial charge on any atom is 0.407 e. The van der Waals surface area contributed by atoms with Crippen LogP contribution in [-0.2, 0) is 4.74 Å². The number of alkyl carbamates (subject to hydrolysis) is 1. The summed E-state index contributed by atoms with van der Waals surface area (Å²) in [4.78, 5) is 14.3. The summed E-state index contributed by atoms with van der Waals surface area (Å²) >= 11 is 0. The van der Waals surface area contributed by atoms with E-state index in [1.54, 1.807) is 0 Å². The fourth-order valence-corrected chi connectivity index (χ4v) is 3.05. The number of hydrogen-bond acceptors (Lipinski definition) is 4. The number of carbonyl (C=O) groups excluding carboxylic acids is 1. The van der Waals surface area contributed by atoms with E-state index in [2.05, 4.69) is 15.5 Å². The van der Waals surface area contributed by atoms with Crippen LogP contribution in [0.5, 0.6) is 0 Å². The van der Waals surface area contributed by atoms with Crippen molar-refractivity contribution in [1.29, 1.82) is 0 Å². The minimum absolute atomic E-state index is 0.230. The third-order valence-electron chi connectivity index (χ3n) is 3.91. The Hall–Kier alpha value is -0.810. The Labute approximate surface area is 122 Å². The van der Waals surface area contributed by atoms with Gasteiger partial charge in [-0.1, -0.05) is 0 Å². The van der Waals surface area contributed by atoms with E-state index in [0.717, 1.165) is 51.5 Å². The van der Waals surface area contributed by atoms with Gasteiger partial charge in [0, 0.05) is 19.1 Å². The molecule has 116 valence electrons. The fraction of sp³-hybridized carbons (Fsp3) is 0.933. The van der Waals surface area contributed by atoms with Gasteiger partial charge in [-0.3, -0.25) is 0 Å². The van der Waals surface area contributed by atoms with Gasteiger partial charge in [-0.05, 0) is 65.6 Å². The Morgan fingerprint density at radius 2 is 2.20 bits per heavy atom. The van der Waals surface area contributed by atoms with Crippen molar-refractivity contribution in [2.45, 2.75) is 51.7 Å². The molecule has 0 aromatic carbocycles. The van der Waals surface area contributed by atoms with Crippen molar-refractivity contribution in [2.24, 2.45) is 5.92 Å². The fourth-order valence-electron chi connectivity index (χ4n) is 3.05. The lowest BCUT2D eigenvalue weighted by Crippen LogP contribution is -2.49. The summed E-state index contributed by atoms with van der Waals surface area (Å²) in [5, 5.41) is 6.43. The van der Waals surface area contributed by atoms with Crippen LogP contribution in [0.25, 0.3) is 0 Å². The number of carbonyl (C=O) groups is 1. The summed E-state index contributed by atoms with van der Waals surface area (Å²) < 4.78 is 5.33. The largest absolute Gasteiger partial charge is 0.444 e. The van der Waals surface area contributed by atoms with Crippen LogP contribution in [0.1, 0.15) is 40.0 Å². The molecule has 0 radical (unpaired) electrons. The molecule has 0 bridgehead atoms. The molecule has 2 atom stereocenters. The van der Waals surface area contributed by atoms with Gasteiger partial charge in [0.15, 0.2) is 0 Å². The van der Waals surface area contributed by atoms with Gasteiger partial charge in [0.05, 0.1) is 0 Å². The summed E-state index contributed by atoms with van der Waals surface area (Å²) in [6.07, 6.45) is 3.20. The number of nitrogens with one attached hydrogen (secondary N) is 2. The molecule has 2 aliphatic rings. The molecule has 2 saturated heterocycles. The molecule has 2 rings (SSSR count). The van der Waals surface area contributed by atoms with Gasteiger partial charge in [0.25, 0.3) is 0 Å². The van der Waals surface area contributed by atoms with E-state index in [9.17, 15) is 4.79 Å². The molecule has 0 spiro atoms. The van der Waals surface area contributed by atoms with Gasteiger partial charge in [-0.2, -0.15) is 0 Å². The van der Waals surface area contributed by atoms with Crippen LogP contribution in [0.15, 0.2) is 0 Å². The summed E-state index contributed by atoms with van der Waals surface area (Å²) in [5.74, 6) is 0.773. The van der Waals surface area contributed by atoms with Gasteiger partial charge in [-0.15, -0.1) is 0 Å². The second-order valence-corrected chi connectivity index (χ2v) is 7.10. The van der Waals surface area contributed by atoms with Crippen molar-refractivity contribution < 1.29 is 9.53 Å². The van der Waals surface area contributed by atoms with E-state index < -0.39 is 5.60 Å². The van der Waals surface area contributed by atoms with Gasteiger partial charge in [-0.25, -0.2) is 4.79 Å². The lowest BCUT2D eigenvalue weighted by atomic mass is 10.0. The predicted octanol–water partition coefficient (Wildman–Crippen LogP) is 1.59. The molecule has 0 aromatic rings. The Morgan fingerprint density at radius 3 is 2.85 bits per heavy atom. The number of hydrogen-bond donors (Lipinski definition) is 2. The average molecular weight is 283 g/mol. The van der Waals surface area contributed by atoms with E-state index in [0.29, 0.717) is 0 Å². The van der Waals surface area contributed by atoms with Crippen molar-refractivity contribution in [2.75, 3.05) is 32.7 Å². The third-order valence-corrected chi connectivity index (χ3v) is 3.91. The van der Waals surface area contributed by atoms with E-state index in [1.807, 2.05) is 20.8 Å². The van der Waals surface area contributed by atoms with Crippen molar-refractivity contribution >= 4 is 6.09 Å². The zero-order chi connectivity index (χ0) is 14.6. The molecule has 0 aliphatic carbocycles. The van der Waals surface area contributed by atoms with Crippen LogP contribution in [0.4, 0.5) is 4.79 Å². The van der Waals surface area contributed by atoms with Crippen LogP contribution >= 0.6 is 0 Å². The number of ether oxygens (including phenoxy) is 1. The molecule has 20 heavy (non-hydrogen) atoms. The van der Waals surface area contributed by atoms with Crippen LogP contribution < -0.4 is 10.6 Å². The topological polar surface area (TPSA) is 53.6 Å². The number of amides is 1. The molecule has 2 heterocycles. The number of likely N-dealkylation sites (tertiary alicyclic amines) is 1. The Morgan fingerprint density at radius 1 is 1.40 bits per heavy atom. The van der Waals surface area contributed by atoms with Crippen LogP contribution in [-0.4, -0.2) is 55.4 Å². The summed E-state index contributed by atoms with van der Waals surface area (Å²) in [5.41, 5.74) is -0.423. The first-order chi connectivity index (χ1) is 9.42. The number of rotatable bonds is 3. The van der Waals surface area contributed by atoms with Gasteiger partial charge in [0.2, 0.25) is 0 Å². The van der Waals surface area contributed by atoms with E-state index >= 15 is 0 Å². The van der Waals surface area contributed by atoms with Crippen molar-refractivity contribution in [3.63, 3.8) is 0 Å². The maximum atomic E-state index is 11.8. The standard InChI is InChI=1S/C15H29N3O2/c1-15(2,3)20-14(19)17-13-5-4-8-18(11-13)10-12-6-7-16-9-12/h12-13,16H,4-11H2,1-3H3,(H,17,19).